The van der Waals surface area contributed by atoms with Gasteiger partial charge in [0.1, 0.15) is 18.0 Å². The van der Waals surface area contributed by atoms with Crippen LogP contribution in [0.2, 0.25) is 0 Å². The van der Waals surface area contributed by atoms with E-state index in [4.69, 9.17) is 9.47 Å². The van der Waals surface area contributed by atoms with E-state index in [1.807, 2.05) is 0 Å². The van der Waals surface area contributed by atoms with Crippen LogP contribution in [-0.4, -0.2) is 70.2 Å². The summed E-state index contributed by atoms with van der Waals surface area (Å²) in [5, 5.41) is 11.1. The lowest BCUT2D eigenvalue weighted by Crippen LogP contribution is -2.46. The zero-order chi connectivity index (χ0) is 21.8. The van der Waals surface area contributed by atoms with E-state index in [0.29, 0.717) is 12.8 Å². The number of benzene rings is 1. The Morgan fingerprint density at radius 2 is 1.90 bits per heavy atom. The molecular weight excluding hydrogens is 406 g/mol. The minimum atomic E-state index is -3.95. The maximum atomic E-state index is 12.7. The molecule has 0 atom stereocenters. The lowest BCUT2D eigenvalue weighted by Gasteiger charge is -2.32. The summed E-state index contributed by atoms with van der Waals surface area (Å²) in [5.74, 6) is -1.03. The molecule has 2 rings (SSSR count). The fraction of sp³-hybridized carbons (Fsp3) is 0.529. The predicted molar refractivity (Wildman–Crippen MR) is 103 cm³/mol. The van der Waals surface area contributed by atoms with Crippen molar-refractivity contribution in [3.8, 4) is 5.75 Å². The summed E-state index contributed by atoms with van der Waals surface area (Å²) in [6.45, 7) is 0.0177. The van der Waals surface area contributed by atoms with Crippen molar-refractivity contribution in [3.05, 3.63) is 28.3 Å². The number of piperidine rings is 1. The summed E-state index contributed by atoms with van der Waals surface area (Å²) >= 11 is 0. The molecule has 0 bridgehead atoms. The van der Waals surface area contributed by atoms with Gasteiger partial charge in [0.05, 0.1) is 31.3 Å². The molecule has 160 valence electrons. The van der Waals surface area contributed by atoms with Gasteiger partial charge < -0.3 is 14.4 Å². The molecule has 0 aliphatic carbocycles. The van der Waals surface area contributed by atoms with Gasteiger partial charge in [-0.05, 0) is 18.9 Å². The second-order valence-electron chi connectivity index (χ2n) is 6.56. The van der Waals surface area contributed by atoms with Gasteiger partial charge in [0.25, 0.3) is 5.69 Å². The standard InChI is InChI=1S/C17H23N3O8S/c1-27-15-5-4-13(20(23)24)10-14(15)19(29(3,25)26)11-16(21)18-8-6-12(7-9-18)17(22)28-2/h4-5,10,12H,6-9,11H2,1-3H3. The van der Waals surface area contributed by atoms with Crippen molar-refractivity contribution in [2.75, 3.05) is 44.4 Å². The molecule has 1 aliphatic rings. The number of anilines is 1. The number of ether oxygens (including phenoxy) is 2. The molecule has 12 heteroatoms. The topological polar surface area (TPSA) is 136 Å². The van der Waals surface area contributed by atoms with E-state index in [1.54, 1.807) is 0 Å². The molecule has 1 fully saturated rings. The third kappa shape index (κ3) is 5.34. The molecule has 1 saturated heterocycles. The summed E-state index contributed by atoms with van der Waals surface area (Å²) in [7, 11) is -1.35. The van der Waals surface area contributed by atoms with Gasteiger partial charge in [-0.15, -0.1) is 0 Å². The molecule has 0 aromatic heterocycles. The van der Waals surface area contributed by atoms with E-state index < -0.39 is 27.4 Å². The SMILES string of the molecule is COC(=O)C1CCN(C(=O)CN(c2cc([N+](=O)[O-])ccc2OC)S(C)(=O)=O)CC1. The first-order chi connectivity index (χ1) is 13.6. The molecule has 29 heavy (non-hydrogen) atoms. The number of nitro groups is 1. The highest BCUT2D eigenvalue weighted by Crippen LogP contribution is 2.33. The molecule has 0 N–H and O–H groups in total. The maximum absolute atomic E-state index is 12.7. The Morgan fingerprint density at radius 1 is 1.28 bits per heavy atom. The summed E-state index contributed by atoms with van der Waals surface area (Å²) < 4.78 is 35.3. The first-order valence-electron chi connectivity index (χ1n) is 8.74. The van der Waals surface area contributed by atoms with E-state index in [9.17, 15) is 28.1 Å². The van der Waals surface area contributed by atoms with Crippen LogP contribution in [0.4, 0.5) is 11.4 Å². The smallest absolute Gasteiger partial charge is 0.308 e. The van der Waals surface area contributed by atoms with Crippen molar-refractivity contribution in [2.24, 2.45) is 5.92 Å². The molecule has 1 aromatic carbocycles. The zero-order valence-corrected chi connectivity index (χ0v) is 17.2. The van der Waals surface area contributed by atoms with Crippen molar-refractivity contribution in [2.45, 2.75) is 12.8 Å². The molecule has 1 aromatic rings. The van der Waals surface area contributed by atoms with Gasteiger partial charge in [0, 0.05) is 25.2 Å². The van der Waals surface area contributed by atoms with Crippen molar-refractivity contribution in [3.63, 3.8) is 0 Å². The Balaban J connectivity index is 2.25. The first-order valence-corrected chi connectivity index (χ1v) is 10.6. The summed E-state index contributed by atoms with van der Waals surface area (Å²) in [6, 6.07) is 3.51. The van der Waals surface area contributed by atoms with Crippen molar-refractivity contribution < 1.29 is 32.4 Å². The molecule has 1 aliphatic heterocycles. The highest BCUT2D eigenvalue weighted by molar-refractivity contribution is 7.92. The van der Waals surface area contributed by atoms with Crippen LogP contribution in [0, 0.1) is 16.0 Å². The number of sulfonamides is 1. The minimum absolute atomic E-state index is 0.0817. The Hall–Kier alpha value is -2.89. The Bertz CT molecular complexity index is 894. The number of carbonyl (C=O) groups excluding carboxylic acids is 2. The highest BCUT2D eigenvalue weighted by Gasteiger charge is 2.31. The monoisotopic (exact) mass is 429 g/mol. The average Bonchev–Trinajstić information content (AvgIpc) is 2.69. The average molecular weight is 429 g/mol. The van der Waals surface area contributed by atoms with Gasteiger partial charge in [-0.25, -0.2) is 8.42 Å². The largest absolute Gasteiger partial charge is 0.495 e. The van der Waals surface area contributed by atoms with Crippen LogP contribution in [0.3, 0.4) is 0 Å². The molecule has 1 heterocycles. The normalized spacial score (nSPS) is 14.9. The van der Waals surface area contributed by atoms with Crippen LogP contribution in [-0.2, 0) is 24.3 Å². The van der Waals surface area contributed by atoms with Crippen LogP contribution in [0.25, 0.3) is 0 Å². The number of nitro benzene ring substituents is 1. The second kappa shape index (κ2) is 9.07. The van der Waals surface area contributed by atoms with Gasteiger partial charge in [-0.1, -0.05) is 0 Å². The fourth-order valence-electron chi connectivity index (χ4n) is 3.12. The van der Waals surface area contributed by atoms with Crippen molar-refractivity contribution in [1.82, 2.24) is 4.90 Å². The Morgan fingerprint density at radius 3 is 2.38 bits per heavy atom. The second-order valence-corrected chi connectivity index (χ2v) is 8.47. The van der Waals surface area contributed by atoms with Crippen LogP contribution >= 0.6 is 0 Å². The molecule has 11 nitrogen and oxygen atoms in total. The molecular formula is C17H23N3O8S. The summed E-state index contributed by atoms with van der Waals surface area (Å²) in [5.41, 5.74) is -0.428. The van der Waals surface area contributed by atoms with Gasteiger partial charge in [0.15, 0.2) is 0 Å². The number of nitrogens with zero attached hydrogens (tertiary/aromatic N) is 3. The Kier molecular flexibility index (Phi) is 7.01. The number of rotatable bonds is 7. The molecule has 1 amide bonds. The van der Waals surface area contributed by atoms with Crippen molar-refractivity contribution in [1.29, 1.82) is 0 Å². The van der Waals surface area contributed by atoms with Crippen LogP contribution in [0.1, 0.15) is 12.8 Å². The van der Waals surface area contributed by atoms with Gasteiger partial charge >= 0.3 is 5.97 Å². The predicted octanol–water partition coefficient (Wildman–Crippen LogP) is 0.781. The number of likely N-dealkylation sites (tertiary alicyclic amines) is 1. The summed E-state index contributed by atoms with van der Waals surface area (Å²) in [4.78, 5) is 36.2. The third-order valence-corrected chi connectivity index (χ3v) is 5.83. The van der Waals surface area contributed by atoms with E-state index in [0.717, 1.165) is 16.6 Å². The Labute approximate surface area is 168 Å². The number of amides is 1. The number of esters is 1. The number of non-ortho nitro benzene ring substituents is 1. The quantitative estimate of drug-likeness (QED) is 0.352. The van der Waals surface area contributed by atoms with Crippen LogP contribution in [0.5, 0.6) is 5.75 Å². The number of methoxy groups -OCH3 is 2. The van der Waals surface area contributed by atoms with Crippen LogP contribution < -0.4 is 9.04 Å². The number of carbonyl (C=O) groups is 2. The van der Waals surface area contributed by atoms with Gasteiger partial charge in [0.2, 0.25) is 15.9 Å². The lowest BCUT2D eigenvalue weighted by molar-refractivity contribution is -0.384. The molecule has 0 unspecified atom stereocenters. The van der Waals surface area contributed by atoms with Gasteiger partial charge in [-0.2, -0.15) is 0 Å². The number of hydrogen-bond acceptors (Lipinski definition) is 8. The van der Waals surface area contributed by atoms with Crippen molar-refractivity contribution >= 4 is 33.3 Å². The van der Waals surface area contributed by atoms with E-state index >= 15 is 0 Å². The summed E-state index contributed by atoms with van der Waals surface area (Å²) in [6.07, 6.45) is 1.73. The molecule has 0 saturated carbocycles. The fourth-order valence-corrected chi connectivity index (χ4v) is 3.97. The van der Waals surface area contributed by atoms with Crippen LogP contribution in [0.15, 0.2) is 18.2 Å². The zero-order valence-electron chi connectivity index (χ0n) is 16.4. The number of hydrogen-bond donors (Lipinski definition) is 0. The molecule has 0 spiro atoms. The van der Waals surface area contributed by atoms with Gasteiger partial charge in [-0.3, -0.25) is 24.0 Å². The minimum Gasteiger partial charge on any atom is -0.495 e. The lowest BCUT2D eigenvalue weighted by atomic mass is 9.97. The first kappa shape index (κ1) is 22.4. The molecule has 0 radical (unpaired) electrons. The van der Waals surface area contributed by atoms with E-state index in [1.165, 1.54) is 31.3 Å². The van der Waals surface area contributed by atoms with E-state index in [2.05, 4.69) is 0 Å². The maximum Gasteiger partial charge on any atom is 0.308 e. The third-order valence-electron chi connectivity index (χ3n) is 4.70. The van der Waals surface area contributed by atoms with E-state index in [-0.39, 0.29) is 42.1 Å². The highest BCUT2D eigenvalue weighted by atomic mass is 32.2.